The summed E-state index contributed by atoms with van der Waals surface area (Å²) in [6, 6.07) is 5.93. The third-order valence-electron chi connectivity index (χ3n) is 3.66. The van der Waals surface area contributed by atoms with Crippen molar-refractivity contribution in [3.8, 4) is 0 Å². The maximum atomic E-state index is 12.4. The minimum Gasteiger partial charge on any atom is -0.397 e. The number of hydrogen-bond acceptors (Lipinski definition) is 4. The second-order valence-electron chi connectivity index (χ2n) is 5.18. The summed E-state index contributed by atoms with van der Waals surface area (Å²) in [5.41, 5.74) is 6.73. The largest absolute Gasteiger partial charge is 0.397 e. The fourth-order valence-corrected chi connectivity index (χ4v) is 5.13. The van der Waals surface area contributed by atoms with Crippen LogP contribution in [0.4, 0.5) is 5.69 Å². The number of nitrogens with one attached hydrogen (secondary N) is 1. The Bertz CT molecular complexity index is 665. The quantitative estimate of drug-likeness (QED) is 0.830. The van der Waals surface area contributed by atoms with Gasteiger partial charge in [0.2, 0.25) is 0 Å². The standard InChI is InChI=1S/C15H17BrN2OS2/c16-9-4-5-12-11(7-9)13(17)14(21-12)15(19)18-8-10-3-1-2-6-20-10/h4-5,7,10H,1-3,6,8,17H2,(H,18,19). The molecular formula is C15H17BrN2OS2. The van der Waals surface area contributed by atoms with Crippen LogP contribution in [0.1, 0.15) is 28.9 Å². The Morgan fingerprint density at radius 3 is 3.05 bits per heavy atom. The Hall–Kier alpha value is -0.720. The molecule has 1 fully saturated rings. The highest BCUT2D eigenvalue weighted by atomic mass is 79.9. The smallest absolute Gasteiger partial charge is 0.263 e. The molecule has 1 atom stereocenters. The lowest BCUT2D eigenvalue weighted by Crippen LogP contribution is -2.31. The van der Waals surface area contributed by atoms with Crippen LogP contribution in [0.2, 0.25) is 0 Å². The van der Waals surface area contributed by atoms with Crippen molar-refractivity contribution in [3.05, 3.63) is 27.5 Å². The van der Waals surface area contributed by atoms with E-state index < -0.39 is 0 Å². The van der Waals surface area contributed by atoms with E-state index in [1.54, 1.807) is 0 Å². The first kappa shape index (κ1) is 15.2. The maximum absolute atomic E-state index is 12.4. The summed E-state index contributed by atoms with van der Waals surface area (Å²) in [4.78, 5) is 13.0. The molecule has 21 heavy (non-hydrogen) atoms. The Kier molecular flexibility index (Phi) is 4.76. The summed E-state index contributed by atoms with van der Waals surface area (Å²) in [5.74, 6) is 1.16. The normalized spacial score (nSPS) is 18.8. The van der Waals surface area contributed by atoms with Gasteiger partial charge in [-0.1, -0.05) is 22.4 Å². The zero-order chi connectivity index (χ0) is 14.8. The molecule has 3 nitrogen and oxygen atoms in total. The average Bonchev–Trinajstić information content (AvgIpc) is 2.83. The molecule has 1 aromatic carbocycles. The van der Waals surface area contributed by atoms with E-state index in [1.807, 2.05) is 30.0 Å². The first-order valence-corrected chi connectivity index (χ1v) is 9.68. The van der Waals surface area contributed by atoms with Gasteiger partial charge in [0, 0.05) is 26.4 Å². The van der Waals surface area contributed by atoms with Crippen LogP contribution in [0.15, 0.2) is 22.7 Å². The number of nitrogen functional groups attached to an aromatic ring is 1. The van der Waals surface area contributed by atoms with Gasteiger partial charge in [0.15, 0.2) is 0 Å². The number of hydrogen-bond donors (Lipinski definition) is 2. The van der Waals surface area contributed by atoms with E-state index in [2.05, 4.69) is 21.2 Å². The molecule has 1 aromatic heterocycles. The molecule has 0 bridgehead atoms. The third-order valence-corrected chi connectivity index (χ3v) is 6.74. The Balaban J connectivity index is 1.73. The van der Waals surface area contributed by atoms with Crippen LogP contribution >= 0.6 is 39.0 Å². The molecule has 1 aliphatic rings. The van der Waals surface area contributed by atoms with Gasteiger partial charge in [-0.3, -0.25) is 4.79 Å². The lowest BCUT2D eigenvalue weighted by atomic mass is 10.2. The second-order valence-corrected chi connectivity index (χ2v) is 8.56. The van der Waals surface area contributed by atoms with Crippen molar-refractivity contribution in [2.75, 3.05) is 18.0 Å². The molecule has 3 rings (SSSR count). The van der Waals surface area contributed by atoms with E-state index in [4.69, 9.17) is 5.73 Å². The van der Waals surface area contributed by atoms with Gasteiger partial charge in [-0.2, -0.15) is 11.8 Å². The number of thiophene rings is 1. The van der Waals surface area contributed by atoms with Crippen molar-refractivity contribution in [3.63, 3.8) is 0 Å². The summed E-state index contributed by atoms with van der Waals surface area (Å²) in [6.45, 7) is 0.737. The minimum atomic E-state index is -0.0454. The molecule has 1 aliphatic heterocycles. The van der Waals surface area contributed by atoms with Crippen molar-refractivity contribution in [1.82, 2.24) is 5.32 Å². The number of fused-ring (bicyclic) bond motifs is 1. The number of amides is 1. The number of rotatable bonds is 3. The van der Waals surface area contributed by atoms with Gasteiger partial charge >= 0.3 is 0 Å². The van der Waals surface area contributed by atoms with Crippen LogP contribution in [0.5, 0.6) is 0 Å². The number of thioether (sulfide) groups is 1. The first-order valence-electron chi connectivity index (χ1n) is 7.02. The Morgan fingerprint density at radius 2 is 2.29 bits per heavy atom. The SMILES string of the molecule is Nc1c(C(=O)NCC2CCCCS2)sc2ccc(Br)cc12. The van der Waals surface area contributed by atoms with Gasteiger partial charge < -0.3 is 11.1 Å². The summed E-state index contributed by atoms with van der Waals surface area (Å²) < 4.78 is 2.03. The van der Waals surface area contributed by atoms with Gasteiger partial charge in [-0.15, -0.1) is 11.3 Å². The summed E-state index contributed by atoms with van der Waals surface area (Å²) in [6.07, 6.45) is 3.76. The molecule has 1 unspecified atom stereocenters. The van der Waals surface area contributed by atoms with Gasteiger partial charge in [0.05, 0.1) is 5.69 Å². The molecule has 112 valence electrons. The average molecular weight is 385 g/mol. The van der Waals surface area contributed by atoms with Crippen molar-refractivity contribution in [2.45, 2.75) is 24.5 Å². The number of benzene rings is 1. The molecule has 2 heterocycles. The highest BCUT2D eigenvalue weighted by Gasteiger charge is 2.19. The molecule has 0 saturated carbocycles. The Labute approximate surface area is 140 Å². The predicted octanol–water partition coefficient (Wildman–Crippen LogP) is 4.26. The monoisotopic (exact) mass is 384 g/mol. The fraction of sp³-hybridized carbons (Fsp3) is 0.400. The molecular weight excluding hydrogens is 368 g/mol. The molecule has 0 radical (unpaired) electrons. The third kappa shape index (κ3) is 3.38. The van der Waals surface area contributed by atoms with Crippen LogP contribution in [0.3, 0.4) is 0 Å². The van der Waals surface area contributed by atoms with Crippen LogP contribution < -0.4 is 11.1 Å². The van der Waals surface area contributed by atoms with Crippen molar-refractivity contribution in [1.29, 1.82) is 0 Å². The summed E-state index contributed by atoms with van der Waals surface area (Å²) >= 11 is 6.87. The van der Waals surface area contributed by atoms with Crippen molar-refractivity contribution in [2.24, 2.45) is 0 Å². The van der Waals surface area contributed by atoms with Crippen LogP contribution in [-0.4, -0.2) is 23.5 Å². The lowest BCUT2D eigenvalue weighted by Gasteiger charge is -2.21. The first-order chi connectivity index (χ1) is 10.1. The fourth-order valence-electron chi connectivity index (χ4n) is 2.51. The van der Waals surface area contributed by atoms with Gasteiger partial charge in [-0.05, 0) is 36.8 Å². The van der Waals surface area contributed by atoms with Crippen LogP contribution in [0, 0.1) is 0 Å². The number of carbonyl (C=O) groups excluding carboxylic acids is 1. The number of halogens is 1. The Morgan fingerprint density at radius 1 is 1.43 bits per heavy atom. The maximum Gasteiger partial charge on any atom is 0.263 e. The highest BCUT2D eigenvalue weighted by Crippen LogP contribution is 2.35. The highest BCUT2D eigenvalue weighted by molar-refractivity contribution is 9.10. The molecule has 3 N–H and O–H groups in total. The molecule has 0 spiro atoms. The van der Waals surface area contributed by atoms with E-state index >= 15 is 0 Å². The van der Waals surface area contributed by atoms with Crippen molar-refractivity contribution >= 4 is 60.7 Å². The van der Waals surface area contributed by atoms with Gasteiger partial charge in [0.1, 0.15) is 4.88 Å². The molecule has 1 amide bonds. The topological polar surface area (TPSA) is 55.1 Å². The molecule has 6 heteroatoms. The van der Waals surface area contributed by atoms with Crippen LogP contribution in [-0.2, 0) is 0 Å². The molecule has 2 aromatic rings. The summed E-state index contributed by atoms with van der Waals surface area (Å²) in [5, 5.41) is 4.54. The van der Waals surface area contributed by atoms with Gasteiger partial charge in [0.25, 0.3) is 5.91 Å². The van der Waals surface area contributed by atoms with E-state index in [0.29, 0.717) is 15.8 Å². The number of carbonyl (C=O) groups is 1. The van der Waals surface area contributed by atoms with E-state index in [-0.39, 0.29) is 5.91 Å². The zero-order valence-corrected chi connectivity index (χ0v) is 14.7. The molecule has 0 aliphatic carbocycles. The van der Waals surface area contributed by atoms with E-state index in [1.165, 1.54) is 36.4 Å². The minimum absolute atomic E-state index is 0.0454. The van der Waals surface area contributed by atoms with Gasteiger partial charge in [-0.25, -0.2) is 0 Å². The van der Waals surface area contributed by atoms with Crippen molar-refractivity contribution < 1.29 is 4.79 Å². The second kappa shape index (κ2) is 6.58. The number of anilines is 1. The van der Waals surface area contributed by atoms with Crippen LogP contribution in [0.25, 0.3) is 10.1 Å². The molecule has 1 saturated heterocycles. The zero-order valence-electron chi connectivity index (χ0n) is 11.5. The summed E-state index contributed by atoms with van der Waals surface area (Å²) in [7, 11) is 0. The number of nitrogens with two attached hydrogens (primary N) is 1. The van der Waals surface area contributed by atoms with E-state index in [9.17, 15) is 4.79 Å². The lowest BCUT2D eigenvalue weighted by molar-refractivity contribution is 0.0958. The van der Waals surface area contributed by atoms with E-state index in [0.717, 1.165) is 21.1 Å². The predicted molar refractivity (Wildman–Crippen MR) is 96.4 cm³/mol.